The smallest absolute Gasteiger partial charge is 0.251 e. The lowest BCUT2D eigenvalue weighted by atomic mass is 10.2. The molecule has 0 aliphatic carbocycles. The largest absolute Gasteiger partial charge is 0.497 e. The number of amides is 2. The van der Waals surface area contributed by atoms with Gasteiger partial charge in [-0.2, -0.15) is 0 Å². The Balaban J connectivity index is 1.50. The molecule has 1 aliphatic rings. The summed E-state index contributed by atoms with van der Waals surface area (Å²) in [4.78, 5) is 28.8. The van der Waals surface area contributed by atoms with Crippen molar-refractivity contribution in [3.05, 3.63) is 54.1 Å². The van der Waals surface area contributed by atoms with Crippen molar-refractivity contribution < 1.29 is 14.3 Å². The summed E-state index contributed by atoms with van der Waals surface area (Å²) < 4.78 is 5.30. The topological polar surface area (TPSA) is 73.9 Å². The fourth-order valence-electron chi connectivity index (χ4n) is 3.38. The summed E-state index contributed by atoms with van der Waals surface area (Å²) in [5.41, 5.74) is 2.31. The highest BCUT2D eigenvalue weighted by atomic mass is 16.5. The summed E-state index contributed by atoms with van der Waals surface area (Å²) in [6.45, 7) is 6.10. The van der Waals surface area contributed by atoms with E-state index in [0.29, 0.717) is 24.3 Å². The van der Waals surface area contributed by atoms with Crippen LogP contribution in [0.1, 0.15) is 17.3 Å². The molecule has 3 rings (SSSR count). The monoisotopic (exact) mass is 396 g/mol. The summed E-state index contributed by atoms with van der Waals surface area (Å²) >= 11 is 0. The summed E-state index contributed by atoms with van der Waals surface area (Å²) in [7, 11) is 1.67. The van der Waals surface area contributed by atoms with Crippen molar-refractivity contribution in [2.75, 3.05) is 56.6 Å². The second-order valence-electron chi connectivity index (χ2n) is 6.95. The van der Waals surface area contributed by atoms with Crippen molar-refractivity contribution in [1.82, 2.24) is 10.2 Å². The number of carbonyl (C=O) groups is 2. The van der Waals surface area contributed by atoms with Crippen molar-refractivity contribution in [1.29, 1.82) is 0 Å². The molecule has 2 aromatic rings. The molecule has 0 spiro atoms. The molecule has 1 fully saturated rings. The average Bonchev–Trinajstić information content (AvgIpc) is 2.74. The molecule has 2 aromatic carbocycles. The van der Waals surface area contributed by atoms with Crippen LogP contribution in [0.3, 0.4) is 0 Å². The molecule has 0 atom stereocenters. The molecular weight excluding hydrogens is 368 g/mol. The summed E-state index contributed by atoms with van der Waals surface area (Å²) in [6.07, 6.45) is 0. The van der Waals surface area contributed by atoms with E-state index in [-0.39, 0.29) is 11.8 Å². The van der Waals surface area contributed by atoms with Gasteiger partial charge in [-0.3, -0.25) is 14.5 Å². The Hall–Kier alpha value is -3.06. The third-order valence-corrected chi connectivity index (χ3v) is 4.90. The SMILES string of the molecule is CCNC(=O)c1cccc(NC(=O)CN2CCN(c3cccc(OC)c3)CC2)c1. The fourth-order valence-corrected chi connectivity index (χ4v) is 3.38. The van der Waals surface area contributed by atoms with E-state index < -0.39 is 0 Å². The van der Waals surface area contributed by atoms with Crippen molar-refractivity contribution in [2.24, 2.45) is 0 Å². The molecule has 7 nitrogen and oxygen atoms in total. The van der Waals surface area contributed by atoms with Crippen LogP contribution in [0, 0.1) is 0 Å². The molecule has 0 aromatic heterocycles. The van der Waals surface area contributed by atoms with Crippen LogP contribution in [0.5, 0.6) is 5.75 Å². The van der Waals surface area contributed by atoms with Gasteiger partial charge < -0.3 is 20.3 Å². The Morgan fingerprint density at radius 1 is 1.03 bits per heavy atom. The van der Waals surface area contributed by atoms with Gasteiger partial charge in [-0.15, -0.1) is 0 Å². The normalized spacial score (nSPS) is 14.3. The first-order chi connectivity index (χ1) is 14.1. The van der Waals surface area contributed by atoms with Crippen molar-refractivity contribution in [3.63, 3.8) is 0 Å². The number of carbonyl (C=O) groups excluding carboxylic acids is 2. The predicted molar refractivity (Wildman–Crippen MR) is 115 cm³/mol. The Labute approximate surface area is 171 Å². The van der Waals surface area contributed by atoms with Gasteiger partial charge >= 0.3 is 0 Å². The highest BCUT2D eigenvalue weighted by molar-refractivity contribution is 5.97. The quantitative estimate of drug-likeness (QED) is 0.751. The molecule has 0 radical (unpaired) electrons. The maximum atomic E-state index is 12.4. The Morgan fingerprint density at radius 2 is 1.79 bits per heavy atom. The summed E-state index contributed by atoms with van der Waals surface area (Å²) in [6, 6.07) is 15.0. The van der Waals surface area contributed by atoms with Crippen LogP contribution < -0.4 is 20.3 Å². The number of anilines is 2. The number of hydrogen-bond donors (Lipinski definition) is 2. The number of piperazine rings is 1. The van der Waals surface area contributed by atoms with Crippen LogP contribution in [0.15, 0.2) is 48.5 Å². The van der Waals surface area contributed by atoms with E-state index >= 15 is 0 Å². The van der Waals surface area contributed by atoms with Gasteiger partial charge in [0.25, 0.3) is 5.91 Å². The molecule has 154 valence electrons. The Bertz CT molecular complexity index is 847. The van der Waals surface area contributed by atoms with Gasteiger partial charge in [0.15, 0.2) is 0 Å². The number of methoxy groups -OCH3 is 1. The van der Waals surface area contributed by atoms with Gasteiger partial charge in [0, 0.05) is 55.7 Å². The minimum atomic E-state index is -0.141. The van der Waals surface area contributed by atoms with E-state index in [2.05, 4.69) is 26.5 Å². The Kier molecular flexibility index (Phi) is 7.08. The second kappa shape index (κ2) is 9.93. The first-order valence-electron chi connectivity index (χ1n) is 9.88. The molecule has 0 unspecified atom stereocenters. The van der Waals surface area contributed by atoms with Gasteiger partial charge in [-0.05, 0) is 37.3 Å². The van der Waals surface area contributed by atoms with E-state index in [1.807, 2.05) is 25.1 Å². The van der Waals surface area contributed by atoms with Crippen LogP contribution in [-0.2, 0) is 4.79 Å². The number of rotatable bonds is 7. The van der Waals surface area contributed by atoms with Crippen LogP contribution in [-0.4, -0.2) is 63.1 Å². The zero-order valence-corrected chi connectivity index (χ0v) is 17.0. The van der Waals surface area contributed by atoms with E-state index in [4.69, 9.17) is 4.74 Å². The number of hydrogen-bond acceptors (Lipinski definition) is 5. The van der Waals surface area contributed by atoms with E-state index in [1.165, 1.54) is 0 Å². The van der Waals surface area contributed by atoms with Gasteiger partial charge in [-0.1, -0.05) is 12.1 Å². The lowest BCUT2D eigenvalue weighted by molar-refractivity contribution is -0.117. The minimum absolute atomic E-state index is 0.0760. The van der Waals surface area contributed by atoms with Crippen LogP contribution in [0.4, 0.5) is 11.4 Å². The molecule has 2 N–H and O–H groups in total. The molecule has 1 aliphatic heterocycles. The molecule has 0 saturated carbocycles. The first-order valence-corrected chi connectivity index (χ1v) is 9.88. The summed E-state index contributed by atoms with van der Waals surface area (Å²) in [5, 5.41) is 5.65. The molecular formula is C22H28N4O3. The molecule has 29 heavy (non-hydrogen) atoms. The Morgan fingerprint density at radius 3 is 2.52 bits per heavy atom. The van der Waals surface area contributed by atoms with Gasteiger partial charge in [-0.25, -0.2) is 0 Å². The highest BCUT2D eigenvalue weighted by Crippen LogP contribution is 2.22. The zero-order chi connectivity index (χ0) is 20.6. The minimum Gasteiger partial charge on any atom is -0.497 e. The standard InChI is InChI=1S/C22H28N4O3/c1-3-23-22(28)17-6-4-7-18(14-17)24-21(27)16-25-10-12-26(13-11-25)19-8-5-9-20(15-19)29-2/h4-9,14-15H,3,10-13,16H2,1-2H3,(H,23,28)(H,24,27). The second-order valence-corrected chi connectivity index (χ2v) is 6.95. The lowest BCUT2D eigenvalue weighted by Crippen LogP contribution is -2.48. The predicted octanol–water partition coefficient (Wildman–Crippen LogP) is 2.21. The van der Waals surface area contributed by atoms with Crippen molar-refractivity contribution >= 4 is 23.2 Å². The molecule has 1 heterocycles. The van der Waals surface area contributed by atoms with E-state index in [9.17, 15) is 9.59 Å². The fraction of sp³-hybridized carbons (Fsp3) is 0.364. The third kappa shape index (κ3) is 5.71. The summed E-state index contributed by atoms with van der Waals surface area (Å²) in [5.74, 6) is 0.629. The zero-order valence-electron chi connectivity index (χ0n) is 17.0. The van der Waals surface area contributed by atoms with Crippen molar-refractivity contribution in [2.45, 2.75) is 6.92 Å². The maximum absolute atomic E-state index is 12.4. The van der Waals surface area contributed by atoms with Crippen molar-refractivity contribution in [3.8, 4) is 5.75 Å². The third-order valence-electron chi connectivity index (χ3n) is 4.90. The van der Waals surface area contributed by atoms with E-state index in [1.54, 1.807) is 31.4 Å². The first kappa shape index (κ1) is 20.7. The van der Waals surface area contributed by atoms with Crippen LogP contribution in [0.25, 0.3) is 0 Å². The van der Waals surface area contributed by atoms with Gasteiger partial charge in [0.2, 0.25) is 5.91 Å². The van der Waals surface area contributed by atoms with Crippen LogP contribution >= 0.6 is 0 Å². The number of ether oxygens (including phenoxy) is 1. The molecule has 0 bridgehead atoms. The van der Waals surface area contributed by atoms with E-state index in [0.717, 1.165) is 37.6 Å². The maximum Gasteiger partial charge on any atom is 0.251 e. The number of nitrogens with zero attached hydrogens (tertiary/aromatic N) is 2. The highest BCUT2D eigenvalue weighted by Gasteiger charge is 2.19. The number of benzene rings is 2. The lowest BCUT2D eigenvalue weighted by Gasteiger charge is -2.35. The van der Waals surface area contributed by atoms with Gasteiger partial charge in [0.1, 0.15) is 5.75 Å². The van der Waals surface area contributed by atoms with Gasteiger partial charge in [0.05, 0.1) is 13.7 Å². The molecule has 7 heteroatoms. The number of nitrogens with one attached hydrogen (secondary N) is 2. The average molecular weight is 396 g/mol. The van der Waals surface area contributed by atoms with Crippen LogP contribution in [0.2, 0.25) is 0 Å². The molecule has 2 amide bonds. The molecule has 1 saturated heterocycles.